The second-order valence-corrected chi connectivity index (χ2v) is 5.02. The van der Waals surface area contributed by atoms with E-state index in [4.69, 9.17) is 0 Å². The van der Waals surface area contributed by atoms with Crippen LogP contribution in [0.1, 0.15) is 5.82 Å². The van der Waals surface area contributed by atoms with Gasteiger partial charge >= 0.3 is 0 Å². The lowest BCUT2D eigenvalue weighted by molar-refractivity contribution is 0.499. The normalized spacial score (nSPS) is 14.7. The van der Waals surface area contributed by atoms with Crippen molar-refractivity contribution >= 4 is 22.6 Å². The van der Waals surface area contributed by atoms with Gasteiger partial charge < -0.3 is 9.88 Å². The Balaban J connectivity index is 2.09. The van der Waals surface area contributed by atoms with Gasteiger partial charge in [0.2, 0.25) is 0 Å². The van der Waals surface area contributed by atoms with E-state index in [1.54, 1.807) is 12.1 Å². The molecule has 2 heterocycles. The molecule has 0 aliphatic carbocycles. The first-order valence-corrected chi connectivity index (χ1v) is 6.55. The largest absolute Gasteiger partial charge is 0.321 e. The maximum Gasteiger partial charge on any atom is 0.124 e. The van der Waals surface area contributed by atoms with E-state index in [0.29, 0.717) is 0 Å². The maximum atomic E-state index is 12.9. The van der Waals surface area contributed by atoms with Gasteiger partial charge in [-0.25, -0.2) is 9.37 Å². The Hall–Kier alpha value is -0.950. The molecule has 3 rings (SSSR count). The zero-order chi connectivity index (χ0) is 11.8. The highest BCUT2D eigenvalue weighted by Crippen LogP contribution is 2.26. The number of fused-ring (bicyclic) bond motifs is 1. The predicted molar refractivity (Wildman–Crippen MR) is 72.0 cm³/mol. The molecule has 0 amide bonds. The second-order valence-electron chi connectivity index (χ2n) is 4.00. The molecule has 0 unspecified atom stereocenters. The van der Waals surface area contributed by atoms with Crippen LogP contribution in [0, 0.1) is 9.52 Å². The van der Waals surface area contributed by atoms with Crippen LogP contribution in [-0.2, 0) is 13.1 Å². The number of hydrogen-bond acceptors (Lipinski definition) is 2. The van der Waals surface area contributed by atoms with E-state index in [0.717, 1.165) is 40.4 Å². The summed E-state index contributed by atoms with van der Waals surface area (Å²) in [5.41, 5.74) is 1.92. The van der Waals surface area contributed by atoms with Crippen molar-refractivity contribution in [2.24, 2.45) is 0 Å². The summed E-state index contributed by atoms with van der Waals surface area (Å²) >= 11 is 2.31. The molecule has 5 heteroatoms. The zero-order valence-corrected chi connectivity index (χ0v) is 11.2. The van der Waals surface area contributed by atoms with Crippen molar-refractivity contribution < 1.29 is 4.39 Å². The van der Waals surface area contributed by atoms with E-state index in [-0.39, 0.29) is 5.82 Å². The molecule has 3 nitrogen and oxygen atoms in total. The van der Waals surface area contributed by atoms with Gasteiger partial charge in [-0.2, -0.15) is 0 Å². The Labute approximate surface area is 112 Å². The summed E-state index contributed by atoms with van der Waals surface area (Å²) in [5, 5.41) is 3.30. The van der Waals surface area contributed by atoms with Crippen LogP contribution in [0.25, 0.3) is 11.3 Å². The fraction of sp³-hybridized carbons (Fsp3) is 0.250. The van der Waals surface area contributed by atoms with Crippen LogP contribution >= 0.6 is 22.6 Å². The fourth-order valence-electron chi connectivity index (χ4n) is 2.02. The smallest absolute Gasteiger partial charge is 0.124 e. The third-order valence-corrected chi connectivity index (χ3v) is 3.99. The minimum absolute atomic E-state index is 0.214. The van der Waals surface area contributed by atoms with E-state index >= 15 is 0 Å². The first-order chi connectivity index (χ1) is 8.25. The van der Waals surface area contributed by atoms with Crippen molar-refractivity contribution in [2.45, 2.75) is 13.1 Å². The summed E-state index contributed by atoms with van der Waals surface area (Å²) in [4.78, 5) is 4.62. The molecule has 0 saturated heterocycles. The molecule has 17 heavy (non-hydrogen) atoms. The number of nitrogens with zero attached hydrogens (tertiary/aromatic N) is 2. The molecule has 1 aliphatic rings. The Morgan fingerprint density at radius 2 is 2.06 bits per heavy atom. The van der Waals surface area contributed by atoms with Crippen molar-refractivity contribution in [3.63, 3.8) is 0 Å². The molecule has 0 saturated carbocycles. The van der Waals surface area contributed by atoms with Crippen molar-refractivity contribution in [2.75, 3.05) is 6.54 Å². The Kier molecular flexibility index (Phi) is 2.87. The average molecular weight is 343 g/mol. The summed E-state index contributed by atoms with van der Waals surface area (Å²) < 4.78 is 16.2. The number of nitrogens with one attached hydrogen (secondary N) is 1. The van der Waals surface area contributed by atoms with Crippen molar-refractivity contribution in [3.8, 4) is 11.3 Å². The second kappa shape index (κ2) is 4.38. The molecule has 0 bridgehead atoms. The molecule has 0 atom stereocenters. The molecule has 88 valence electrons. The molecule has 1 aliphatic heterocycles. The van der Waals surface area contributed by atoms with Gasteiger partial charge in [-0.3, -0.25) is 0 Å². The topological polar surface area (TPSA) is 29.9 Å². The lowest BCUT2D eigenvalue weighted by atomic mass is 10.2. The third-order valence-electron chi connectivity index (χ3n) is 2.90. The van der Waals surface area contributed by atoms with Crippen LogP contribution in [0.3, 0.4) is 0 Å². The molecule has 0 fully saturated rings. The quantitative estimate of drug-likeness (QED) is 0.806. The number of rotatable bonds is 1. The minimum atomic E-state index is -0.214. The van der Waals surface area contributed by atoms with E-state index in [9.17, 15) is 4.39 Å². The SMILES string of the molecule is Fc1ccc(-c2nc3n(c2I)CCNC3)cc1. The van der Waals surface area contributed by atoms with Gasteiger partial charge in [-0.15, -0.1) is 0 Å². The monoisotopic (exact) mass is 343 g/mol. The summed E-state index contributed by atoms with van der Waals surface area (Å²) in [5.74, 6) is 0.842. The lowest BCUT2D eigenvalue weighted by Crippen LogP contribution is -2.28. The number of aromatic nitrogens is 2. The van der Waals surface area contributed by atoms with Crippen molar-refractivity contribution in [1.29, 1.82) is 0 Å². The van der Waals surface area contributed by atoms with Crippen LogP contribution in [-0.4, -0.2) is 16.1 Å². The highest BCUT2D eigenvalue weighted by molar-refractivity contribution is 14.1. The molecular formula is C12H11FIN3. The van der Waals surface area contributed by atoms with E-state index in [1.807, 2.05) is 0 Å². The van der Waals surface area contributed by atoms with Gasteiger partial charge in [-0.1, -0.05) is 0 Å². The van der Waals surface area contributed by atoms with E-state index < -0.39 is 0 Å². The molecule has 0 spiro atoms. The zero-order valence-electron chi connectivity index (χ0n) is 9.08. The van der Waals surface area contributed by atoms with Gasteiger partial charge in [0.05, 0.1) is 6.54 Å². The van der Waals surface area contributed by atoms with Gasteiger partial charge in [0.1, 0.15) is 21.0 Å². The lowest BCUT2D eigenvalue weighted by Gasteiger charge is -2.15. The van der Waals surface area contributed by atoms with Gasteiger partial charge in [0, 0.05) is 18.7 Å². The third kappa shape index (κ3) is 1.97. The Morgan fingerprint density at radius 3 is 2.76 bits per heavy atom. The predicted octanol–water partition coefficient (Wildman–Crippen LogP) is 2.40. The number of hydrogen-bond donors (Lipinski definition) is 1. The van der Waals surface area contributed by atoms with Gasteiger partial charge in [0.15, 0.2) is 0 Å². The maximum absolute atomic E-state index is 12.9. The fourth-order valence-corrected chi connectivity index (χ4v) is 2.97. The highest BCUT2D eigenvalue weighted by atomic mass is 127. The molecular weight excluding hydrogens is 332 g/mol. The minimum Gasteiger partial charge on any atom is -0.321 e. The number of halogens is 2. The number of benzene rings is 1. The Morgan fingerprint density at radius 1 is 1.29 bits per heavy atom. The van der Waals surface area contributed by atoms with Crippen molar-refractivity contribution in [3.05, 3.63) is 39.6 Å². The van der Waals surface area contributed by atoms with E-state index in [2.05, 4.69) is 37.5 Å². The van der Waals surface area contributed by atoms with Crippen LogP contribution in [0.5, 0.6) is 0 Å². The molecule has 2 aromatic rings. The standard InChI is InChI=1S/C12H11FIN3/c13-9-3-1-8(2-4-9)11-12(14)17-6-5-15-7-10(17)16-11/h1-4,15H,5-7H2. The summed E-state index contributed by atoms with van der Waals surface area (Å²) in [7, 11) is 0. The van der Waals surface area contributed by atoms with Crippen LogP contribution in [0.2, 0.25) is 0 Å². The average Bonchev–Trinajstić information content (AvgIpc) is 2.69. The van der Waals surface area contributed by atoms with Gasteiger partial charge in [0.25, 0.3) is 0 Å². The molecule has 1 aromatic heterocycles. The summed E-state index contributed by atoms with van der Waals surface area (Å²) in [6.07, 6.45) is 0. The molecule has 0 radical (unpaired) electrons. The molecule has 1 aromatic carbocycles. The number of imidazole rings is 1. The molecule has 1 N–H and O–H groups in total. The first-order valence-electron chi connectivity index (χ1n) is 5.47. The van der Waals surface area contributed by atoms with Crippen LogP contribution in [0.15, 0.2) is 24.3 Å². The summed E-state index contributed by atoms with van der Waals surface area (Å²) in [6, 6.07) is 6.50. The van der Waals surface area contributed by atoms with Crippen LogP contribution < -0.4 is 5.32 Å². The highest BCUT2D eigenvalue weighted by Gasteiger charge is 2.18. The van der Waals surface area contributed by atoms with E-state index in [1.165, 1.54) is 12.1 Å². The van der Waals surface area contributed by atoms with Gasteiger partial charge in [-0.05, 0) is 46.9 Å². The Bertz CT molecular complexity index is 548. The summed E-state index contributed by atoms with van der Waals surface area (Å²) in [6.45, 7) is 2.72. The van der Waals surface area contributed by atoms with Crippen LogP contribution in [0.4, 0.5) is 4.39 Å². The van der Waals surface area contributed by atoms with Crippen molar-refractivity contribution in [1.82, 2.24) is 14.9 Å². The first kappa shape index (κ1) is 11.2.